The molecule has 1 fully saturated rings. The van der Waals surface area contributed by atoms with Crippen LogP contribution in [0, 0.1) is 5.92 Å². The summed E-state index contributed by atoms with van der Waals surface area (Å²) in [6.45, 7) is 3.61. The molecule has 0 amide bonds. The van der Waals surface area contributed by atoms with Crippen LogP contribution in [0.15, 0.2) is 6.20 Å². The summed E-state index contributed by atoms with van der Waals surface area (Å²) >= 11 is 1.93. The van der Waals surface area contributed by atoms with Gasteiger partial charge in [0.15, 0.2) is 0 Å². The van der Waals surface area contributed by atoms with Gasteiger partial charge in [0.05, 0.1) is 5.01 Å². The highest BCUT2D eigenvalue weighted by Gasteiger charge is 2.18. The molecule has 1 N–H and O–H groups in total. The minimum Gasteiger partial charge on any atom is -0.320 e. The van der Waals surface area contributed by atoms with Crippen LogP contribution in [0.4, 0.5) is 0 Å². The van der Waals surface area contributed by atoms with Gasteiger partial charge in [0.1, 0.15) is 0 Å². The van der Waals surface area contributed by atoms with E-state index < -0.39 is 0 Å². The van der Waals surface area contributed by atoms with Crippen molar-refractivity contribution in [1.29, 1.82) is 0 Å². The molecule has 1 aromatic heterocycles. The van der Waals surface area contributed by atoms with Crippen molar-refractivity contribution in [3.05, 3.63) is 16.1 Å². The molecule has 1 aliphatic rings. The Morgan fingerprint density at radius 2 is 2.22 bits per heavy atom. The molecular weight excluding hydrogens is 242 g/mol. The lowest BCUT2D eigenvalue weighted by Crippen LogP contribution is -2.30. The van der Waals surface area contributed by atoms with Gasteiger partial charge in [-0.1, -0.05) is 0 Å². The number of aryl methyl sites for hydroxylation is 1. The van der Waals surface area contributed by atoms with Crippen LogP contribution in [0.25, 0.3) is 0 Å². The zero-order valence-corrected chi connectivity index (χ0v) is 12.4. The Kier molecular flexibility index (Phi) is 5.60. The first-order chi connectivity index (χ1) is 8.78. The fourth-order valence-electron chi connectivity index (χ4n) is 2.51. The van der Waals surface area contributed by atoms with E-state index in [2.05, 4.69) is 28.4 Å². The Bertz CT molecular complexity index is 343. The molecule has 0 aliphatic carbocycles. The molecule has 0 bridgehead atoms. The summed E-state index contributed by atoms with van der Waals surface area (Å²) in [6.07, 6.45) is 8.35. The molecule has 0 saturated carbocycles. The monoisotopic (exact) mass is 267 g/mol. The van der Waals surface area contributed by atoms with E-state index in [1.807, 2.05) is 18.4 Å². The molecule has 18 heavy (non-hydrogen) atoms. The van der Waals surface area contributed by atoms with Gasteiger partial charge < -0.3 is 10.2 Å². The lowest BCUT2D eigenvalue weighted by atomic mass is 9.94. The molecule has 0 aromatic carbocycles. The fraction of sp³-hybridized carbons (Fsp3) is 0.786. The van der Waals surface area contributed by atoms with Gasteiger partial charge in [0.25, 0.3) is 0 Å². The van der Waals surface area contributed by atoms with E-state index in [0.29, 0.717) is 0 Å². The van der Waals surface area contributed by atoms with Crippen LogP contribution < -0.4 is 5.32 Å². The Hall–Kier alpha value is -0.450. The fourth-order valence-corrected chi connectivity index (χ4v) is 3.59. The van der Waals surface area contributed by atoms with Crippen LogP contribution in [-0.2, 0) is 12.8 Å². The van der Waals surface area contributed by atoms with Gasteiger partial charge in [-0.3, -0.25) is 0 Å². The Morgan fingerprint density at radius 1 is 1.44 bits per heavy atom. The summed E-state index contributed by atoms with van der Waals surface area (Å²) in [5, 5.41) is 4.55. The molecule has 102 valence electrons. The highest BCUT2D eigenvalue weighted by molar-refractivity contribution is 7.11. The van der Waals surface area contributed by atoms with Gasteiger partial charge in [-0.2, -0.15) is 0 Å². The first-order valence-corrected chi connectivity index (χ1v) is 7.86. The predicted molar refractivity (Wildman–Crippen MR) is 78.3 cm³/mol. The third-order valence-electron chi connectivity index (χ3n) is 3.75. The van der Waals surface area contributed by atoms with E-state index in [4.69, 9.17) is 0 Å². The Morgan fingerprint density at radius 3 is 2.94 bits per heavy atom. The molecule has 0 spiro atoms. The minimum absolute atomic E-state index is 0.859. The van der Waals surface area contributed by atoms with E-state index >= 15 is 0 Å². The highest BCUT2D eigenvalue weighted by atomic mass is 32.1. The number of hydrogen-bond acceptors (Lipinski definition) is 4. The normalized spacial score (nSPS) is 18.3. The van der Waals surface area contributed by atoms with Gasteiger partial charge in [0.2, 0.25) is 0 Å². The highest BCUT2D eigenvalue weighted by Crippen LogP contribution is 2.24. The van der Waals surface area contributed by atoms with Crippen LogP contribution in [-0.4, -0.2) is 43.6 Å². The standard InChI is InChI=1S/C14H25N3S/c1-15-7-3-4-13-11-16-14(18-13)10-12-5-8-17(2)9-6-12/h11-12,15H,3-10H2,1-2H3. The van der Waals surface area contributed by atoms with Gasteiger partial charge in [-0.25, -0.2) is 4.98 Å². The molecule has 0 unspecified atom stereocenters. The van der Waals surface area contributed by atoms with Crippen LogP contribution in [0.1, 0.15) is 29.1 Å². The number of nitrogens with zero attached hydrogens (tertiary/aromatic N) is 2. The Balaban J connectivity index is 1.76. The molecule has 1 saturated heterocycles. The zero-order valence-electron chi connectivity index (χ0n) is 11.6. The smallest absolute Gasteiger partial charge is 0.0930 e. The molecule has 2 heterocycles. The molecule has 2 rings (SSSR count). The summed E-state index contributed by atoms with van der Waals surface area (Å²) < 4.78 is 0. The number of rotatable bonds is 6. The minimum atomic E-state index is 0.859. The van der Waals surface area contributed by atoms with E-state index in [1.165, 1.54) is 55.1 Å². The summed E-state index contributed by atoms with van der Waals surface area (Å²) in [5.74, 6) is 0.859. The number of hydrogen-bond donors (Lipinski definition) is 1. The average molecular weight is 267 g/mol. The van der Waals surface area contributed by atoms with Crippen molar-refractivity contribution in [2.24, 2.45) is 5.92 Å². The summed E-state index contributed by atoms with van der Waals surface area (Å²) in [4.78, 5) is 8.48. The zero-order chi connectivity index (χ0) is 12.8. The van der Waals surface area contributed by atoms with Crippen molar-refractivity contribution in [3.63, 3.8) is 0 Å². The quantitative estimate of drug-likeness (QED) is 0.801. The lowest BCUT2D eigenvalue weighted by Gasteiger charge is -2.28. The second kappa shape index (κ2) is 7.22. The third kappa shape index (κ3) is 4.34. The number of nitrogens with one attached hydrogen (secondary N) is 1. The number of piperidine rings is 1. The van der Waals surface area contributed by atoms with Crippen molar-refractivity contribution in [3.8, 4) is 0 Å². The van der Waals surface area contributed by atoms with Crippen molar-refractivity contribution < 1.29 is 0 Å². The lowest BCUT2D eigenvalue weighted by molar-refractivity contribution is 0.219. The summed E-state index contributed by atoms with van der Waals surface area (Å²) in [6, 6.07) is 0. The molecule has 1 aromatic rings. The SMILES string of the molecule is CNCCCc1cnc(CC2CCN(C)CC2)s1. The van der Waals surface area contributed by atoms with E-state index in [1.54, 1.807) is 0 Å². The molecule has 1 aliphatic heterocycles. The molecule has 3 nitrogen and oxygen atoms in total. The second-order valence-electron chi connectivity index (χ2n) is 5.38. The molecular formula is C14H25N3S. The first kappa shape index (κ1) is 14.0. The van der Waals surface area contributed by atoms with Crippen molar-refractivity contribution in [1.82, 2.24) is 15.2 Å². The van der Waals surface area contributed by atoms with Crippen LogP contribution >= 0.6 is 11.3 Å². The van der Waals surface area contributed by atoms with Crippen LogP contribution in [0.3, 0.4) is 0 Å². The van der Waals surface area contributed by atoms with E-state index in [9.17, 15) is 0 Å². The largest absolute Gasteiger partial charge is 0.320 e. The summed E-state index contributed by atoms with van der Waals surface area (Å²) in [7, 11) is 4.23. The van der Waals surface area contributed by atoms with Gasteiger partial charge >= 0.3 is 0 Å². The van der Waals surface area contributed by atoms with E-state index in [-0.39, 0.29) is 0 Å². The second-order valence-corrected chi connectivity index (χ2v) is 6.58. The third-order valence-corrected chi connectivity index (χ3v) is 4.83. The maximum Gasteiger partial charge on any atom is 0.0930 e. The average Bonchev–Trinajstić information content (AvgIpc) is 2.80. The number of thiazole rings is 1. The van der Waals surface area contributed by atoms with Crippen LogP contribution in [0.2, 0.25) is 0 Å². The molecule has 0 radical (unpaired) electrons. The van der Waals surface area contributed by atoms with Crippen molar-refractivity contribution in [2.75, 3.05) is 33.7 Å². The summed E-state index contributed by atoms with van der Waals surface area (Å²) in [5.41, 5.74) is 0. The molecule has 0 atom stereocenters. The number of aromatic nitrogens is 1. The maximum atomic E-state index is 4.59. The first-order valence-electron chi connectivity index (χ1n) is 7.04. The molecule has 4 heteroatoms. The van der Waals surface area contributed by atoms with Crippen molar-refractivity contribution in [2.45, 2.75) is 32.1 Å². The maximum absolute atomic E-state index is 4.59. The van der Waals surface area contributed by atoms with E-state index in [0.717, 1.165) is 12.5 Å². The Labute approximate surface area is 115 Å². The van der Waals surface area contributed by atoms with Gasteiger partial charge in [0, 0.05) is 17.5 Å². The van der Waals surface area contributed by atoms with Gasteiger partial charge in [-0.15, -0.1) is 11.3 Å². The van der Waals surface area contributed by atoms with Crippen LogP contribution in [0.5, 0.6) is 0 Å². The topological polar surface area (TPSA) is 28.2 Å². The van der Waals surface area contributed by atoms with Gasteiger partial charge in [-0.05, 0) is 65.3 Å². The van der Waals surface area contributed by atoms with Crippen molar-refractivity contribution >= 4 is 11.3 Å². The predicted octanol–water partition coefficient (Wildman–Crippen LogP) is 2.18. The number of likely N-dealkylation sites (tertiary alicyclic amines) is 1.